The van der Waals surface area contributed by atoms with Gasteiger partial charge in [0.05, 0.1) is 12.3 Å². The molecule has 6 heteroatoms. The molecule has 112 valence electrons. The fourth-order valence-electron chi connectivity index (χ4n) is 1.22. The van der Waals surface area contributed by atoms with Crippen molar-refractivity contribution in [3.8, 4) is 5.88 Å². The second-order valence-corrected chi connectivity index (χ2v) is 7.17. The van der Waals surface area contributed by atoms with Crippen LogP contribution in [0.5, 0.6) is 5.88 Å². The van der Waals surface area contributed by atoms with E-state index in [2.05, 4.69) is 9.38 Å². The van der Waals surface area contributed by atoms with Crippen LogP contribution in [0.3, 0.4) is 0 Å². The second kappa shape index (κ2) is 7.61. The van der Waals surface area contributed by atoms with Gasteiger partial charge in [0.2, 0.25) is 5.88 Å². The summed E-state index contributed by atoms with van der Waals surface area (Å²) in [5.74, 6) is 0.538. The number of hydrogen-bond acceptors (Lipinski definition) is 5. The van der Waals surface area contributed by atoms with Gasteiger partial charge in [0, 0.05) is 24.9 Å². The first-order valence-electron chi connectivity index (χ1n) is 6.40. The van der Waals surface area contributed by atoms with E-state index in [0.29, 0.717) is 24.8 Å². The molecule has 0 aliphatic rings. The zero-order valence-electron chi connectivity index (χ0n) is 12.7. The lowest BCUT2D eigenvalue weighted by molar-refractivity contribution is 0.144. The Kier molecular flexibility index (Phi) is 6.45. The minimum absolute atomic E-state index is 0.363. The van der Waals surface area contributed by atoms with Crippen LogP contribution >= 0.6 is 0 Å². The van der Waals surface area contributed by atoms with E-state index in [0.717, 1.165) is 5.56 Å². The number of rotatable bonds is 6. The molecule has 1 aromatic heterocycles. The number of aromatic nitrogens is 1. The van der Waals surface area contributed by atoms with Gasteiger partial charge in [-0.3, -0.25) is 0 Å². The quantitative estimate of drug-likeness (QED) is 0.459. The molecule has 1 unspecified atom stereocenters. The third-order valence-electron chi connectivity index (χ3n) is 2.44. The highest BCUT2D eigenvalue weighted by molar-refractivity contribution is 7.91. The summed E-state index contributed by atoms with van der Waals surface area (Å²) >= 11 is -1.27. The summed E-state index contributed by atoms with van der Waals surface area (Å²) in [6.45, 7) is 8.49. The van der Waals surface area contributed by atoms with Crippen molar-refractivity contribution < 1.29 is 14.0 Å². The highest BCUT2D eigenvalue weighted by Crippen LogP contribution is 2.18. The summed E-state index contributed by atoms with van der Waals surface area (Å²) in [5.41, 5.74) is 1.54. The lowest BCUT2D eigenvalue weighted by Gasteiger charge is -2.18. The number of hydrogen-bond donors (Lipinski definition) is 0. The fraction of sp³-hybridized carbons (Fsp3) is 0.571. The summed E-state index contributed by atoms with van der Waals surface area (Å²) in [4.78, 5) is 4.18. The molecule has 0 aliphatic heterocycles. The Balaban J connectivity index is 2.70. The molecular formula is C14H22N2O3S. The van der Waals surface area contributed by atoms with E-state index >= 15 is 0 Å². The molecule has 1 aromatic rings. The summed E-state index contributed by atoms with van der Waals surface area (Å²) < 4.78 is 26.1. The summed E-state index contributed by atoms with van der Waals surface area (Å²) in [5, 5.41) is 0. The number of pyridine rings is 1. The fourth-order valence-corrected chi connectivity index (χ4v) is 1.85. The standard InChI is InChI=1S/C14H22N2O3S/c1-11(16-20(17)14(2,3)4)12-6-7-13(15-10-12)19-9-8-18-5/h6-7,10H,8-9H2,1-5H3/b16-11+. The van der Waals surface area contributed by atoms with Crippen LogP contribution in [0.2, 0.25) is 0 Å². The van der Waals surface area contributed by atoms with Crippen LogP contribution in [-0.2, 0) is 16.1 Å². The van der Waals surface area contributed by atoms with Crippen molar-refractivity contribution in [1.29, 1.82) is 0 Å². The highest BCUT2D eigenvalue weighted by atomic mass is 32.2. The maximum atomic E-state index is 12.0. The van der Waals surface area contributed by atoms with Crippen LogP contribution < -0.4 is 4.74 Å². The lowest BCUT2D eigenvalue weighted by atomic mass is 10.2. The van der Waals surface area contributed by atoms with Gasteiger partial charge in [-0.15, -0.1) is 0 Å². The third-order valence-corrected chi connectivity index (χ3v) is 3.92. The molecule has 5 nitrogen and oxygen atoms in total. The van der Waals surface area contributed by atoms with E-state index < -0.39 is 11.4 Å². The average Bonchev–Trinajstić information content (AvgIpc) is 2.38. The molecule has 0 aliphatic carbocycles. The maximum absolute atomic E-state index is 12.0. The highest BCUT2D eigenvalue weighted by Gasteiger charge is 2.26. The largest absolute Gasteiger partial charge is 0.591 e. The summed E-state index contributed by atoms with van der Waals surface area (Å²) in [6.07, 6.45) is 1.67. The zero-order valence-corrected chi connectivity index (χ0v) is 13.5. The van der Waals surface area contributed by atoms with Crippen molar-refractivity contribution in [3.63, 3.8) is 0 Å². The first-order chi connectivity index (χ1) is 9.34. The number of nitrogens with zero attached hydrogens (tertiary/aromatic N) is 2. The molecule has 0 aromatic carbocycles. The first-order valence-corrected chi connectivity index (χ1v) is 7.50. The Bertz CT molecular complexity index is 441. The molecule has 1 rings (SSSR count). The number of methoxy groups -OCH3 is 1. The molecule has 0 radical (unpaired) electrons. The van der Waals surface area contributed by atoms with Gasteiger partial charge >= 0.3 is 0 Å². The van der Waals surface area contributed by atoms with Gasteiger partial charge in [0.1, 0.15) is 22.7 Å². The molecule has 0 fully saturated rings. The average molecular weight is 298 g/mol. The molecule has 0 N–H and O–H groups in total. The van der Waals surface area contributed by atoms with Crippen LogP contribution in [0.4, 0.5) is 0 Å². The Labute approximate surface area is 123 Å². The molecule has 1 atom stereocenters. The SMILES string of the molecule is COCCOc1ccc(/C(C)=N/[S+]([O-])C(C)(C)C)cn1. The zero-order chi connectivity index (χ0) is 15.2. The lowest BCUT2D eigenvalue weighted by Crippen LogP contribution is -2.26. The van der Waals surface area contributed by atoms with Gasteiger partial charge in [-0.05, 0) is 33.8 Å². The molecule has 0 saturated heterocycles. The number of ether oxygens (including phenoxy) is 2. The predicted molar refractivity (Wildman–Crippen MR) is 81.7 cm³/mol. The van der Waals surface area contributed by atoms with E-state index in [9.17, 15) is 4.55 Å². The van der Waals surface area contributed by atoms with Crippen LogP contribution in [-0.4, -0.2) is 40.3 Å². The predicted octanol–water partition coefficient (Wildman–Crippen LogP) is 2.38. The third kappa shape index (κ3) is 5.48. The Morgan fingerprint density at radius 2 is 2.05 bits per heavy atom. The minimum atomic E-state index is -1.27. The van der Waals surface area contributed by atoms with Gasteiger partial charge < -0.3 is 14.0 Å². The van der Waals surface area contributed by atoms with Gasteiger partial charge in [0.15, 0.2) is 0 Å². The van der Waals surface area contributed by atoms with Crippen molar-refractivity contribution in [3.05, 3.63) is 23.9 Å². The molecular weight excluding hydrogens is 276 g/mol. The Morgan fingerprint density at radius 3 is 2.55 bits per heavy atom. The van der Waals surface area contributed by atoms with E-state index in [1.807, 2.05) is 33.8 Å². The van der Waals surface area contributed by atoms with Crippen molar-refractivity contribution in [1.82, 2.24) is 4.98 Å². The van der Waals surface area contributed by atoms with Crippen molar-refractivity contribution in [2.24, 2.45) is 4.40 Å². The smallest absolute Gasteiger partial charge is 0.213 e. The molecule has 0 bridgehead atoms. The van der Waals surface area contributed by atoms with Gasteiger partial charge in [0.25, 0.3) is 0 Å². The minimum Gasteiger partial charge on any atom is -0.591 e. The molecule has 0 amide bonds. The first kappa shape index (κ1) is 16.9. The van der Waals surface area contributed by atoms with Gasteiger partial charge in [-0.2, -0.15) is 0 Å². The Morgan fingerprint density at radius 1 is 1.35 bits per heavy atom. The van der Waals surface area contributed by atoms with E-state index in [1.54, 1.807) is 19.4 Å². The van der Waals surface area contributed by atoms with Crippen LogP contribution in [0.25, 0.3) is 0 Å². The van der Waals surface area contributed by atoms with Crippen molar-refractivity contribution in [2.45, 2.75) is 32.4 Å². The molecule has 1 heterocycles. The molecule has 0 spiro atoms. The van der Waals surface area contributed by atoms with Gasteiger partial charge in [-0.1, -0.05) is 4.40 Å². The second-order valence-electron chi connectivity index (χ2n) is 5.26. The molecule has 0 saturated carbocycles. The summed E-state index contributed by atoms with van der Waals surface area (Å²) in [7, 11) is 1.62. The van der Waals surface area contributed by atoms with Crippen molar-refractivity contribution >= 4 is 17.1 Å². The van der Waals surface area contributed by atoms with Crippen LogP contribution in [0.15, 0.2) is 22.7 Å². The maximum Gasteiger partial charge on any atom is 0.213 e. The normalized spacial score (nSPS) is 14.2. The van der Waals surface area contributed by atoms with Crippen LogP contribution in [0, 0.1) is 0 Å². The van der Waals surface area contributed by atoms with E-state index in [1.165, 1.54) is 0 Å². The molecule has 20 heavy (non-hydrogen) atoms. The van der Waals surface area contributed by atoms with Crippen LogP contribution in [0.1, 0.15) is 33.3 Å². The van der Waals surface area contributed by atoms with Crippen molar-refractivity contribution in [2.75, 3.05) is 20.3 Å². The monoisotopic (exact) mass is 298 g/mol. The van der Waals surface area contributed by atoms with E-state index in [-0.39, 0.29) is 4.75 Å². The Hall–Kier alpha value is -1.11. The van der Waals surface area contributed by atoms with E-state index in [4.69, 9.17) is 9.47 Å². The van der Waals surface area contributed by atoms with Gasteiger partial charge in [-0.25, -0.2) is 4.98 Å². The summed E-state index contributed by atoms with van der Waals surface area (Å²) in [6, 6.07) is 3.62. The topological polar surface area (TPSA) is 66.8 Å².